The highest BCUT2D eigenvalue weighted by atomic mass is 32.2. The van der Waals surface area contributed by atoms with E-state index >= 15 is 0 Å². The second kappa shape index (κ2) is 4.61. The fourth-order valence-electron chi connectivity index (χ4n) is 2.04. The number of rotatable bonds is 2. The summed E-state index contributed by atoms with van der Waals surface area (Å²) in [5.41, 5.74) is 8.28. The van der Waals surface area contributed by atoms with Crippen LogP contribution in [0.5, 0.6) is 0 Å². The molecular weight excluding hydrogens is 232 g/mol. The molecule has 17 heavy (non-hydrogen) atoms. The summed E-state index contributed by atoms with van der Waals surface area (Å²) in [6.45, 7) is 3.97. The Kier molecular flexibility index (Phi) is 3.33. The number of anilines is 2. The predicted molar refractivity (Wildman–Crippen MR) is 74.3 cm³/mol. The molecule has 1 atom stereocenters. The van der Waals surface area contributed by atoms with E-state index in [9.17, 15) is 4.79 Å². The van der Waals surface area contributed by atoms with Crippen LogP contribution in [-0.2, 0) is 4.79 Å². The highest BCUT2D eigenvalue weighted by molar-refractivity contribution is 8.01. The molecule has 1 fully saturated rings. The van der Waals surface area contributed by atoms with Gasteiger partial charge in [-0.15, -0.1) is 11.8 Å². The number of carbonyl (C=O) groups is 1. The number of aryl methyl sites for hydroxylation is 1. The van der Waals surface area contributed by atoms with Gasteiger partial charge in [-0.05, 0) is 56.2 Å². The first-order chi connectivity index (χ1) is 8.01. The third-order valence-electron chi connectivity index (χ3n) is 3.20. The van der Waals surface area contributed by atoms with Crippen LogP contribution in [0.1, 0.15) is 25.3 Å². The fraction of sp³-hybridized carbons (Fsp3) is 0.462. The van der Waals surface area contributed by atoms with Crippen molar-refractivity contribution in [2.24, 2.45) is 0 Å². The molecule has 92 valence electrons. The first-order valence-corrected chi connectivity index (χ1v) is 6.81. The molecule has 1 heterocycles. The fourth-order valence-corrected chi connectivity index (χ4v) is 3.25. The predicted octanol–water partition coefficient (Wildman–Crippen LogP) is 2.80. The lowest BCUT2D eigenvalue weighted by atomic mass is 10.0. The van der Waals surface area contributed by atoms with E-state index in [1.54, 1.807) is 11.8 Å². The average molecular weight is 250 g/mol. The Hall–Kier alpha value is -1.16. The van der Waals surface area contributed by atoms with Crippen molar-refractivity contribution >= 4 is 29.0 Å². The number of nitrogens with one attached hydrogen (secondary N) is 1. The van der Waals surface area contributed by atoms with Crippen LogP contribution in [-0.4, -0.2) is 16.4 Å². The van der Waals surface area contributed by atoms with Gasteiger partial charge in [-0.1, -0.05) is 0 Å². The molecule has 1 aliphatic heterocycles. The van der Waals surface area contributed by atoms with Crippen molar-refractivity contribution in [1.29, 1.82) is 0 Å². The zero-order chi connectivity index (χ0) is 12.5. The van der Waals surface area contributed by atoms with Crippen LogP contribution in [0.4, 0.5) is 11.4 Å². The topological polar surface area (TPSA) is 55.1 Å². The minimum absolute atomic E-state index is 0.105. The van der Waals surface area contributed by atoms with Gasteiger partial charge in [-0.25, -0.2) is 0 Å². The molecule has 0 radical (unpaired) electrons. The number of nitrogens with two attached hydrogens (primary N) is 1. The van der Waals surface area contributed by atoms with E-state index in [0.29, 0.717) is 0 Å². The number of thioether (sulfide) groups is 1. The number of hydrogen-bond donors (Lipinski definition) is 2. The molecule has 1 aliphatic rings. The highest BCUT2D eigenvalue weighted by Crippen LogP contribution is 2.38. The summed E-state index contributed by atoms with van der Waals surface area (Å²) < 4.78 is -0.270. The Morgan fingerprint density at radius 1 is 1.53 bits per heavy atom. The summed E-state index contributed by atoms with van der Waals surface area (Å²) in [6.07, 6.45) is 2.08. The maximum absolute atomic E-state index is 12.2. The largest absolute Gasteiger partial charge is 0.399 e. The molecule has 2 rings (SSSR count). The summed E-state index contributed by atoms with van der Waals surface area (Å²) in [5.74, 6) is 1.18. The number of carbonyl (C=O) groups excluding carboxylic acids is 1. The van der Waals surface area contributed by atoms with Crippen molar-refractivity contribution in [2.45, 2.75) is 31.4 Å². The van der Waals surface area contributed by atoms with Gasteiger partial charge in [0.05, 0.1) is 4.75 Å². The Labute approximate surface area is 106 Å². The van der Waals surface area contributed by atoms with Crippen molar-refractivity contribution in [3.05, 3.63) is 23.8 Å². The second-order valence-corrected chi connectivity index (χ2v) is 6.31. The third kappa shape index (κ3) is 2.57. The zero-order valence-electron chi connectivity index (χ0n) is 10.2. The lowest BCUT2D eigenvalue weighted by Gasteiger charge is -2.22. The van der Waals surface area contributed by atoms with Gasteiger partial charge in [0.25, 0.3) is 0 Å². The first-order valence-electron chi connectivity index (χ1n) is 5.83. The summed E-state index contributed by atoms with van der Waals surface area (Å²) in [4.78, 5) is 12.2. The quantitative estimate of drug-likeness (QED) is 0.794. The Balaban J connectivity index is 2.13. The van der Waals surface area contributed by atoms with Gasteiger partial charge in [0.15, 0.2) is 0 Å². The van der Waals surface area contributed by atoms with E-state index in [2.05, 4.69) is 5.32 Å². The van der Waals surface area contributed by atoms with Crippen LogP contribution in [0.25, 0.3) is 0 Å². The van der Waals surface area contributed by atoms with E-state index in [1.807, 2.05) is 32.0 Å². The Bertz CT molecular complexity index is 439. The van der Waals surface area contributed by atoms with E-state index in [1.165, 1.54) is 0 Å². The van der Waals surface area contributed by atoms with E-state index in [-0.39, 0.29) is 10.7 Å². The molecule has 3 nitrogen and oxygen atoms in total. The number of amides is 1. The molecule has 1 saturated heterocycles. The van der Waals surface area contributed by atoms with Crippen molar-refractivity contribution in [1.82, 2.24) is 0 Å². The Morgan fingerprint density at radius 3 is 2.88 bits per heavy atom. The van der Waals surface area contributed by atoms with Gasteiger partial charge < -0.3 is 11.1 Å². The molecule has 1 unspecified atom stereocenters. The van der Waals surface area contributed by atoms with Gasteiger partial charge in [0, 0.05) is 11.4 Å². The lowest BCUT2D eigenvalue weighted by molar-refractivity contribution is -0.118. The van der Waals surface area contributed by atoms with E-state index in [0.717, 1.165) is 35.5 Å². The van der Waals surface area contributed by atoms with Gasteiger partial charge in [0.1, 0.15) is 0 Å². The van der Waals surface area contributed by atoms with Crippen molar-refractivity contribution < 1.29 is 4.79 Å². The van der Waals surface area contributed by atoms with Crippen LogP contribution in [0, 0.1) is 6.92 Å². The normalized spacial score (nSPS) is 23.6. The van der Waals surface area contributed by atoms with Crippen molar-refractivity contribution in [2.75, 3.05) is 16.8 Å². The van der Waals surface area contributed by atoms with Crippen LogP contribution in [0.3, 0.4) is 0 Å². The molecule has 1 aromatic carbocycles. The summed E-state index contributed by atoms with van der Waals surface area (Å²) >= 11 is 1.74. The van der Waals surface area contributed by atoms with Crippen LogP contribution in [0.2, 0.25) is 0 Å². The van der Waals surface area contributed by atoms with Crippen molar-refractivity contribution in [3.8, 4) is 0 Å². The van der Waals surface area contributed by atoms with Gasteiger partial charge in [-0.3, -0.25) is 4.79 Å². The van der Waals surface area contributed by atoms with Crippen LogP contribution in [0.15, 0.2) is 18.2 Å². The maximum Gasteiger partial charge on any atom is 0.240 e. The molecule has 1 amide bonds. The summed E-state index contributed by atoms with van der Waals surface area (Å²) in [6, 6.07) is 5.55. The maximum atomic E-state index is 12.2. The van der Waals surface area contributed by atoms with Gasteiger partial charge in [0.2, 0.25) is 5.91 Å². The molecule has 0 aromatic heterocycles. The first kappa shape index (κ1) is 12.3. The number of benzene rings is 1. The standard InChI is InChI=1S/C13H18N2OS/c1-9-8-10(14)4-5-11(9)15-12(16)13(2)6-3-7-17-13/h4-5,8H,3,6-7,14H2,1-2H3,(H,15,16). The lowest BCUT2D eigenvalue weighted by Crippen LogP contribution is -2.34. The molecule has 0 bridgehead atoms. The molecular formula is C13H18N2OS. The number of nitrogen functional groups attached to an aromatic ring is 1. The molecule has 0 saturated carbocycles. The molecule has 0 aliphatic carbocycles. The molecule has 1 aromatic rings. The molecule has 0 spiro atoms. The molecule has 3 N–H and O–H groups in total. The number of hydrogen-bond acceptors (Lipinski definition) is 3. The SMILES string of the molecule is Cc1cc(N)ccc1NC(=O)C1(C)CCCS1. The molecule has 4 heteroatoms. The monoisotopic (exact) mass is 250 g/mol. The highest BCUT2D eigenvalue weighted by Gasteiger charge is 2.37. The summed E-state index contributed by atoms with van der Waals surface area (Å²) in [5, 5.41) is 3.00. The smallest absolute Gasteiger partial charge is 0.240 e. The van der Waals surface area contributed by atoms with E-state index in [4.69, 9.17) is 5.73 Å². The minimum atomic E-state index is -0.270. The van der Waals surface area contributed by atoms with Crippen LogP contribution < -0.4 is 11.1 Å². The summed E-state index contributed by atoms with van der Waals surface area (Å²) in [7, 11) is 0. The third-order valence-corrected chi connectivity index (χ3v) is 4.72. The van der Waals surface area contributed by atoms with Gasteiger partial charge in [-0.2, -0.15) is 0 Å². The van der Waals surface area contributed by atoms with E-state index < -0.39 is 0 Å². The zero-order valence-corrected chi connectivity index (χ0v) is 11.1. The van der Waals surface area contributed by atoms with Gasteiger partial charge >= 0.3 is 0 Å². The second-order valence-electron chi connectivity index (χ2n) is 4.71. The Morgan fingerprint density at radius 2 is 2.29 bits per heavy atom. The van der Waals surface area contributed by atoms with Crippen LogP contribution >= 0.6 is 11.8 Å². The average Bonchev–Trinajstić information content (AvgIpc) is 2.71. The van der Waals surface area contributed by atoms with Crippen molar-refractivity contribution in [3.63, 3.8) is 0 Å². The minimum Gasteiger partial charge on any atom is -0.399 e.